The summed E-state index contributed by atoms with van der Waals surface area (Å²) in [5, 5.41) is 4.05. The molecule has 2 heterocycles. The molecule has 1 N–H and O–H groups in total. The number of methoxy groups -OCH3 is 2. The Labute approximate surface area is 197 Å². The summed E-state index contributed by atoms with van der Waals surface area (Å²) >= 11 is 6.50. The third-order valence-corrected chi connectivity index (χ3v) is 6.04. The van der Waals surface area contributed by atoms with Crippen LogP contribution in [0.4, 0.5) is 5.95 Å². The SMILES string of the molecule is CCOc1ccc(C2=CC(c3cccc(OC)c3OC)n3c(nc4ccccc43)N2)cc1Cl. The first-order valence-corrected chi connectivity index (χ1v) is 11.1. The summed E-state index contributed by atoms with van der Waals surface area (Å²) in [6.07, 6.45) is 2.16. The van der Waals surface area contributed by atoms with Gasteiger partial charge in [-0.05, 0) is 55.0 Å². The fourth-order valence-corrected chi connectivity index (χ4v) is 4.53. The van der Waals surface area contributed by atoms with Gasteiger partial charge in [0.2, 0.25) is 5.95 Å². The summed E-state index contributed by atoms with van der Waals surface area (Å²) in [6.45, 7) is 2.49. The van der Waals surface area contributed by atoms with Crippen LogP contribution in [0.25, 0.3) is 16.7 Å². The van der Waals surface area contributed by atoms with E-state index in [1.165, 1.54) is 0 Å². The zero-order valence-electron chi connectivity index (χ0n) is 18.6. The molecule has 7 heteroatoms. The van der Waals surface area contributed by atoms with Crippen LogP contribution in [-0.4, -0.2) is 30.4 Å². The van der Waals surface area contributed by atoms with Crippen LogP contribution < -0.4 is 19.5 Å². The third kappa shape index (κ3) is 3.66. The summed E-state index contributed by atoms with van der Waals surface area (Å²) in [6, 6.07) is 19.6. The Morgan fingerprint density at radius 1 is 1.00 bits per heavy atom. The second kappa shape index (κ2) is 8.71. The minimum atomic E-state index is -0.181. The highest BCUT2D eigenvalue weighted by Crippen LogP contribution is 2.43. The van der Waals surface area contributed by atoms with E-state index in [0.29, 0.717) is 28.9 Å². The topological polar surface area (TPSA) is 57.5 Å². The first kappa shape index (κ1) is 21.2. The van der Waals surface area contributed by atoms with Crippen molar-refractivity contribution >= 4 is 34.3 Å². The van der Waals surface area contributed by atoms with Crippen LogP contribution in [0, 0.1) is 0 Å². The maximum atomic E-state index is 6.50. The standard InChI is InChI=1S/C26H24ClN3O3/c1-4-33-23-13-12-16(14-18(23)27)20-15-22(17-8-7-11-24(31-2)25(17)32-3)30-21-10-6-5-9-19(21)28-26(30)29-20/h5-15,22H,4H2,1-3H3,(H,28,29). The van der Waals surface area contributed by atoms with Gasteiger partial charge in [-0.3, -0.25) is 4.57 Å². The van der Waals surface area contributed by atoms with Crippen molar-refractivity contribution in [1.82, 2.24) is 9.55 Å². The largest absolute Gasteiger partial charge is 0.493 e. The van der Waals surface area contributed by atoms with Gasteiger partial charge in [0.25, 0.3) is 0 Å². The fraction of sp³-hybridized carbons (Fsp3) is 0.192. The van der Waals surface area contributed by atoms with Gasteiger partial charge in [0, 0.05) is 11.3 Å². The second-order valence-corrected chi connectivity index (χ2v) is 8.01. The molecular formula is C26H24ClN3O3. The van der Waals surface area contributed by atoms with Crippen molar-refractivity contribution in [3.63, 3.8) is 0 Å². The predicted octanol–water partition coefficient (Wildman–Crippen LogP) is 6.16. The van der Waals surface area contributed by atoms with E-state index in [9.17, 15) is 0 Å². The van der Waals surface area contributed by atoms with E-state index in [-0.39, 0.29) is 6.04 Å². The molecular weight excluding hydrogens is 438 g/mol. The lowest BCUT2D eigenvalue weighted by Gasteiger charge is -2.28. The number of allylic oxidation sites excluding steroid dienone is 1. The first-order valence-electron chi connectivity index (χ1n) is 10.7. The van der Waals surface area contributed by atoms with Crippen LogP contribution in [-0.2, 0) is 0 Å². The second-order valence-electron chi connectivity index (χ2n) is 7.61. The van der Waals surface area contributed by atoms with E-state index < -0.39 is 0 Å². The molecule has 5 rings (SSSR count). The molecule has 0 amide bonds. The van der Waals surface area contributed by atoms with E-state index in [1.54, 1.807) is 14.2 Å². The lowest BCUT2D eigenvalue weighted by atomic mass is 9.99. The number of nitrogens with one attached hydrogen (secondary N) is 1. The molecule has 1 unspecified atom stereocenters. The number of anilines is 1. The van der Waals surface area contributed by atoms with Crippen molar-refractivity contribution in [2.45, 2.75) is 13.0 Å². The molecule has 0 bridgehead atoms. The Hall–Kier alpha value is -3.64. The Kier molecular flexibility index (Phi) is 5.60. The van der Waals surface area contributed by atoms with Crippen molar-refractivity contribution in [1.29, 1.82) is 0 Å². The Morgan fingerprint density at radius 3 is 2.61 bits per heavy atom. The van der Waals surface area contributed by atoms with Crippen molar-refractivity contribution in [3.8, 4) is 17.2 Å². The lowest BCUT2D eigenvalue weighted by Crippen LogP contribution is -2.19. The number of hydrogen-bond acceptors (Lipinski definition) is 5. The average molecular weight is 462 g/mol. The Bertz CT molecular complexity index is 1360. The molecule has 33 heavy (non-hydrogen) atoms. The summed E-state index contributed by atoms with van der Waals surface area (Å²) < 4.78 is 19.1. The highest BCUT2D eigenvalue weighted by Gasteiger charge is 2.28. The molecule has 0 spiro atoms. The van der Waals surface area contributed by atoms with E-state index >= 15 is 0 Å². The maximum absolute atomic E-state index is 6.50. The smallest absolute Gasteiger partial charge is 0.209 e. The Morgan fingerprint density at radius 2 is 1.85 bits per heavy atom. The normalized spacial score (nSPS) is 14.9. The van der Waals surface area contributed by atoms with E-state index in [2.05, 4.69) is 28.1 Å². The molecule has 1 aliphatic rings. The molecule has 0 aliphatic carbocycles. The van der Waals surface area contributed by atoms with Crippen molar-refractivity contribution in [3.05, 3.63) is 82.9 Å². The number of fused-ring (bicyclic) bond motifs is 3. The lowest BCUT2D eigenvalue weighted by molar-refractivity contribution is 0.340. The van der Waals surface area contributed by atoms with E-state index in [1.807, 2.05) is 55.5 Å². The molecule has 0 fully saturated rings. The van der Waals surface area contributed by atoms with Gasteiger partial charge in [0.1, 0.15) is 5.75 Å². The fourth-order valence-electron chi connectivity index (χ4n) is 4.29. The van der Waals surface area contributed by atoms with Crippen LogP contribution >= 0.6 is 11.6 Å². The molecule has 3 aromatic carbocycles. The summed E-state index contributed by atoms with van der Waals surface area (Å²) in [5.74, 6) is 2.78. The zero-order valence-corrected chi connectivity index (χ0v) is 19.4. The highest BCUT2D eigenvalue weighted by molar-refractivity contribution is 6.32. The summed E-state index contributed by atoms with van der Waals surface area (Å²) in [7, 11) is 3.30. The molecule has 1 aliphatic heterocycles. The van der Waals surface area contributed by atoms with Gasteiger partial charge in [-0.25, -0.2) is 4.98 Å². The molecule has 168 valence electrons. The number of rotatable bonds is 6. The molecule has 1 aromatic heterocycles. The number of para-hydroxylation sites is 3. The van der Waals surface area contributed by atoms with Crippen molar-refractivity contribution in [2.75, 3.05) is 26.1 Å². The van der Waals surface area contributed by atoms with Crippen LogP contribution in [0.1, 0.15) is 24.1 Å². The number of aromatic nitrogens is 2. The van der Waals surface area contributed by atoms with Crippen molar-refractivity contribution < 1.29 is 14.2 Å². The number of benzene rings is 3. The first-order chi connectivity index (χ1) is 16.1. The zero-order chi connectivity index (χ0) is 22.9. The highest BCUT2D eigenvalue weighted by atomic mass is 35.5. The minimum Gasteiger partial charge on any atom is -0.493 e. The average Bonchev–Trinajstić information content (AvgIpc) is 3.22. The monoisotopic (exact) mass is 461 g/mol. The summed E-state index contributed by atoms with van der Waals surface area (Å²) in [5.41, 5.74) is 4.74. The van der Waals surface area contributed by atoms with Crippen LogP contribution in [0.2, 0.25) is 5.02 Å². The van der Waals surface area contributed by atoms with E-state index in [4.69, 9.17) is 30.8 Å². The quantitative estimate of drug-likeness (QED) is 0.372. The number of imidazole rings is 1. The third-order valence-electron chi connectivity index (χ3n) is 5.74. The molecule has 0 saturated heterocycles. The molecule has 4 aromatic rings. The van der Waals surface area contributed by atoms with Gasteiger partial charge in [-0.1, -0.05) is 35.9 Å². The maximum Gasteiger partial charge on any atom is 0.209 e. The molecule has 0 radical (unpaired) electrons. The van der Waals surface area contributed by atoms with E-state index in [0.717, 1.165) is 33.8 Å². The number of halogens is 1. The van der Waals surface area contributed by atoms with Crippen LogP contribution in [0.3, 0.4) is 0 Å². The molecule has 0 saturated carbocycles. The van der Waals surface area contributed by atoms with Crippen LogP contribution in [0.15, 0.2) is 66.7 Å². The number of hydrogen-bond donors (Lipinski definition) is 1. The van der Waals surface area contributed by atoms with Crippen molar-refractivity contribution in [2.24, 2.45) is 0 Å². The molecule has 6 nitrogen and oxygen atoms in total. The van der Waals surface area contributed by atoms with Gasteiger partial charge in [-0.15, -0.1) is 0 Å². The number of ether oxygens (including phenoxy) is 3. The van der Waals surface area contributed by atoms with Gasteiger partial charge < -0.3 is 19.5 Å². The van der Waals surface area contributed by atoms with Gasteiger partial charge >= 0.3 is 0 Å². The molecule has 1 atom stereocenters. The summed E-state index contributed by atoms with van der Waals surface area (Å²) in [4.78, 5) is 4.85. The Balaban J connectivity index is 1.70. The van der Waals surface area contributed by atoms with Gasteiger partial charge in [0.05, 0.1) is 42.9 Å². The van der Waals surface area contributed by atoms with Crippen LogP contribution in [0.5, 0.6) is 17.2 Å². The van der Waals surface area contributed by atoms with Gasteiger partial charge in [0.15, 0.2) is 11.5 Å². The van der Waals surface area contributed by atoms with Gasteiger partial charge in [-0.2, -0.15) is 0 Å². The number of nitrogens with zero attached hydrogens (tertiary/aromatic N) is 2. The minimum absolute atomic E-state index is 0.181. The predicted molar refractivity (Wildman–Crippen MR) is 132 cm³/mol.